The summed E-state index contributed by atoms with van der Waals surface area (Å²) in [6.07, 6.45) is 7.33. The zero-order valence-electron chi connectivity index (χ0n) is 7.25. The third-order valence-electron chi connectivity index (χ3n) is 1.89. The zero-order valence-corrected chi connectivity index (χ0v) is 8.01. The van der Waals surface area contributed by atoms with Gasteiger partial charge in [-0.25, -0.2) is 4.79 Å². The van der Waals surface area contributed by atoms with E-state index >= 15 is 0 Å². The lowest BCUT2D eigenvalue weighted by molar-refractivity contribution is 0.0710. The topological polar surface area (TPSA) is 46.5 Å². The predicted octanol–water partition coefficient (Wildman–Crippen LogP) is 2.87. The average Bonchev–Trinajstić information content (AvgIpc) is 2.05. The van der Waals surface area contributed by atoms with Crippen molar-refractivity contribution >= 4 is 17.0 Å². The Hall–Kier alpha value is -0.280. The van der Waals surface area contributed by atoms with Gasteiger partial charge in [0.15, 0.2) is 0 Å². The van der Waals surface area contributed by atoms with Crippen molar-refractivity contribution in [1.29, 1.82) is 0 Å². The number of methoxy groups -OCH3 is 1. The van der Waals surface area contributed by atoms with Crippen molar-refractivity contribution in [3.8, 4) is 0 Å². The zero-order chi connectivity index (χ0) is 9.40. The van der Waals surface area contributed by atoms with Gasteiger partial charge < -0.3 is 9.84 Å². The standard InChI is InChI=1S/C7H14O.CHClO2/c1-8-7-5-3-2-4-6-7;2-1(3)4/h7H,2-6H2,1H3;(H,3,4). The van der Waals surface area contributed by atoms with E-state index in [9.17, 15) is 0 Å². The second-order valence-corrected chi connectivity index (χ2v) is 3.07. The van der Waals surface area contributed by atoms with Crippen molar-refractivity contribution in [1.82, 2.24) is 0 Å². The van der Waals surface area contributed by atoms with E-state index in [1.165, 1.54) is 32.1 Å². The molecule has 0 atom stereocenters. The molecule has 1 aliphatic rings. The average molecular weight is 195 g/mol. The normalized spacial score (nSPS) is 17.8. The van der Waals surface area contributed by atoms with E-state index in [1.807, 2.05) is 7.11 Å². The van der Waals surface area contributed by atoms with E-state index in [0.29, 0.717) is 6.10 Å². The maximum atomic E-state index is 8.77. The van der Waals surface area contributed by atoms with E-state index < -0.39 is 5.43 Å². The summed E-state index contributed by atoms with van der Waals surface area (Å²) in [5.41, 5.74) is -1.36. The number of rotatable bonds is 1. The summed E-state index contributed by atoms with van der Waals surface area (Å²) in [7, 11) is 1.82. The first-order chi connectivity index (χ1) is 5.66. The first kappa shape index (κ1) is 11.7. The molecule has 0 aromatic heterocycles. The van der Waals surface area contributed by atoms with E-state index in [2.05, 4.69) is 11.6 Å². The molecule has 0 radical (unpaired) electrons. The Morgan fingerprint density at radius 2 is 1.83 bits per heavy atom. The van der Waals surface area contributed by atoms with E-state index in [0.717, 1.165) is 0 Å². The maximum Gasteiger partial charge on any atom is 0.401 e. The molecular formula is C8H15ClO3. The van der Waals surface area contributed by atoms with Gasteiger partial charge in [-0.2, -0.15) is 0 Å². The Kier molecular flexibility index (Phi) is 7.20. The lowest BCUT2D eigenvalue weighted by atomic mass is 9.98. The molecule has 1 saturated carbocycles. The molecule has 0 spiro atoms. The molecular weight excluding hydrogens is 180 g/mol. The summed E-state index contributed by atoms with van der Waals surface area (Å²) in [6, 6.07) is 0. The van der Waals surface area contributed by atoms with Crippen LogP contribution in [-0.2, 0) is 4.74 Å². The van der Waals surface area contributed by atoms with Crippen LogP contribution in [0, 0.1) is 0 Å². The molecule has 12 heavy (non-hydrogen) atoms. The summed E-state index contributed by atoms with van der Waals surface area (Å²) >= 11 is 4.19. The van der Waals surface area contributed by atoms with Crippen LogP contribution >= 0.6 is 11.6 Å². The fourth-order valence-corrected chi connectivity index (χ4v) is 1.30. The van der Waals surface area contributed by atoms with Gasteiger partial charge in [-0.05, 0) is 12.8 Å². The van der Waals surface area contributed by atoms with E-state index in [1.54, 1.807) is 0 Å². The Morgan fingerprint density at radius 1 is 1.42 bits per heavy atom. The highest BCUT2D eigenvalue weighted by molar-refractivity contribution is 6.60. The van der Waals surface area contributed by atoms with Crippen LogP contribution in [-0.4, -0.2) is 23.7 Å². The van der Waals surface area contributed by atoms with Crippen molar-refractivity contribution < 1.29 is 14.6 Å². The lowest BCUT2D eigenvalue weighted by Crippen LogP contribution is -2.13. The third kappa shape index (κ3) is 7.82. The Bertz CT molecular complexity index is 117. The van der Waals surface area contributed by atoms with Gasteiger partial charge >= 0.3 is 5.43 Å². The molecule has 72 valence electrons. The number of halogens is 1. The highest BCUT2D eigenvalue weighted by atomic mass is 35.5. The summed E-state index contributed by atoms with van der Waals surface area (Å²) < 4.78 is 5.19. The fraction of sp³-hybridized carbons (Fsp3) is 0.875. The molecule has 0 aliphatic heterocycles. The maximum absolute atomic E-state index is 8.77. The molecule has 0 saturated heterocycles. The lowest BCUT2D eigenvalue weighted by Gasteiger charge is -2.19. The van der Waals surface area contributed by atoms with Crippen molar-refractivity contribution in [3.05, 3.63) is 0 Å². The molecule has 0 aromatic carbocycles. The molecule has 0 bridgehead atoms. The van der Waals surface area contributed by atoms with Crippen LogP contribution < -0.4 is 0 Å². The molecule has 1 aliphatic carbocycles. The molecule has 0 heterocycles. The van der Waals surface area contributed by atoms with Crippen LogP contribution in [0.1, 0.15) is 32.1 Å². The molecule has 1 N–H and O–H groups in total. The molecule has 1 fully saturated rings. The van der Waals surface area contributed by atoms with Crippen molar-refractivity contribution in [2.45, 2.75) is 38.2 Å². The van der Waals surface area contributed by atoms with Gasteiger partial charge in [-0.1, -0.05) is 19.3 Å². The minimum absolute atomic E-state index is 0.587. The molecule has 0 aromatic rings. The molecule has 0 unspecified atom stereocenters. The summed E-state index contributed by atoms with van der Waals surface area (Å²) in [6.45, 7) is 0. The van der Waals surface area contributed by atoms with Crippen molar-refractivity contribution in [2.24, 2.45) is 0 Å². The molecule has 3 nitrogen and oxygen atoms in total. The van der Waals surface area contributed by atoms with Gasteiger partial charge in [0.25, 0.3) is 0 Å². The Morgan fingerprint density at radius 3 is 2.08 bits per heavy atom. The number of hydrogen-bond donors (Lipinski definition) is 1. The highest BCUT2D eigenvalue weighted by Crippen LogP contribution is 2.18. The number of hydrogen-bond acceptors (Lipinski definition) is 2. The van der Waals surface area contributed by atoms with Gasteiger partial charge in [0.1, 0.15) is 0 Å². The predicted molar refractivity (Wildman–Crippen MR) is 47.8 cm³/mol. The number of carboxylic acid groups (broad SMARTS) is 1. The fourth-order valence-electron chi connectivity index (χ4n) is 1.30. The van der Waals surface area contributed by atoms with Crippen LogP contribution in [0.2, 0.25) is 0 Å². The summed E-state index contributed by atoms with van der Waals surface area (Å²) in [5, 5.41) is 7.18. The van der Waals surface area contributed by atoms with Crippen molar-refractivity contribution in [2.75, 3.05) is 7.11 Å². The van der Waals surface area contributed by atoms with Gasteiger partial charge in [-0.15, -0.1) is 0 Å². The van der Waals surface area contributed by atoms with Gasteiger partial charge in [0, 0.05) is 18.7 Å². The second-order valence-electron chi connectivity index (χ2n) is 2.75. The van der Waals surface area contributed by atoms with Crippen LogP contribution in [0.4, 0.5) is 4.79 Å². The SMILES string of the molecule is COC1CCCCC1.O=C(O)Cl. The Labute approximate surface area is 77.7 Å². The van der Waals surface area contributed by atoms with E-state index in [-0.39, 0.29) is 0 Å². The van der Waals surface area contributed by atoms with Gasteiger partial charge in [0.05, 0.1) is 6.10 Å². The van der Waals surface area contributed by atoms with Gasteiger partial charge in [0.2, 0.25) is 0 Å². The molecule has 0 amide bonds. The van der Waals surface area contributed by atoms with Crippen LogP contribution in [0.3, 0.4) is 0 Å². The molecule has 4 heteroatoms. The quantitative estimate of drug-likeness (QED) is 0.653. The number of ether oxygens (including phenoxy) is 1. The van der Waals surface area contributed by atoms with Crippen LogP contribution in [0.5, 0.6) is 0 Å². The smallest absolute Gasteiger partial charge is 0.401 e. The van der Waals surface area contributed by atoms with Crippen molar-refractivity contribution in [3.63, 3.8) is 0 Å². The van der Waals surface area contributed by atoms with Crippen LogP contribution in [0.15, 0.2) is 0 Å². The minimum atomic E-state index is -1.36. The van der Waals surface area contributed by atoms with Gasteiger partial charge in [-0.3, -0.25) is 0 Å². The molecule has 1 rings (SSSR count). The largest absolute Gasteiger partial charge is 0.469 e. The summed E-state index contributed by atoms with van der Waals surface area (Å²) in [4.78, 5) is 8.77. The first-order valence-electron chi connectivity index (χ1n) is 4.08. The second kappa shape index (κ2) is 7.37. The van der Waals surface area contributed by atoms with Crippen LogP contribution in [0.25, 0.3) is 0 Å². The minimum Gasteiger partial charge on any atom is -0.469 e. The third-order valence-corrected chi connectivity index (χ3v) is 1.89. The first-order valence-corrected chi connectivity index (χ1v) is 4.46. The monoisotopic (exact) mass is 194 g/mol. The number of carbonyl (C=O) groups is 1. The van der Waals surface area contributed by atoms with E-state index in [4.69, 9.17) is 14.6 Å². The Balaban J connectivity index is 0.000000261. The summed E-state index contributed by atoms with van der Waals surface area (Å²) in [5.74, 6) is 0. The highest BCUT2D eigenvalue weighted by Gasteiger charge is 2.10.